The van der Waals surface area contributed by atoms with Crippen molar-refractivity contribution in [2.45, 2.75) is 31.7 Å². The summed E-state index contributed by atoms with van der Waals surface area (Å²) in [7, 11) is 0. The SMILES string of the molecule is CCN1C(=O)CCN(C(=O)c2cccc(C#N)c2)CC12CCOCC2. The molecule has 2 aliphatic heterocycles. The van der Waals surface area contributed by atoms with Gasteiger partial charge in [-0.2, -0.15) is 5.26 Å². The Morgan fingerprint density at radius 1 is 1.36 bits per heavy atom. The highest BCUT2D eigenvalue weighted by Crippen LogP contribution is 2.32. The van der Waals surface area contributed by atoms with Gasteiger partial charge in [-0.05, 0) is 38.0 Å². The zero-order valence-electron chi connectivity index (χ0n) is 14.5. The lowest BCUT2D eigenvalue weighted by atomic mass is 9.87. The van der Waals surface area contributed by atoms with Gasteiger partial charge in [0.15, 0.2) is 0 Å². The minimum Gasteiger partial charge on any atom is -0.381 e. The van der Waals surface area contributed by atoms with Crippen LogP contribution in [0.3, 0.4) is 0 Å². The maximum Gasteiger partial charge on any atom is 0.253 e. The fourth-order valence-electron chi connectivity index (χ4n) is 3.92. The number of carbonyl (C=O) groups is 2. The maximum absolute atomic E-state index is 13.0. The number of ether oxygens (including phenoxy) is 1. The molecule has 0 atom stereocenters. The predicted octanol–water partition coefficient (Wildman–Crippen LogP) is 1.80. The lowest BCUT2D eigenvalue weighted by molar-refractivity contribution is -0.139. The van der Waals surface area contributed by atoms with E-state index in [2.05, 4.69) is 6.07 Å². The fraction of sp³-hybridized carbons (Fsp3) is 0.526. The van der Waals surface area contributed by atoms with Gasteiger partial charge >= 0.3 is 0 Å². The molecule has 1 aromatic carbocycles. The Hall–Kier alpha value is -2.39. The molecule has 2 aliphatic rings. The Bertz CT molecular complexity index is 704. The van der Waals surface area contributed by atoms with E-state index < -0.39 is 0 Å². The summed E-state index contributed by atoms with van der Waals surface area (Å²) in [5.41, 5.74) is 0.620. The number of amides is 2. The van der Waals surface area contributed by atoms with Crippen molar-refractivity contribution in [3.8, 4) is 6.07 Å². The molecule has 0 aromatic heterocycles. The van der Waals surface area contributed by atoms with Crippen molar-refractivity contribution in [2.75, 3.05) is 32.8 Å². The van der Waals surface area contributed by atoms with Gasteiger partial charge in [-0.1, -0.05) is 6.07 Å². The van der Waals surface area contributed by atoms with Crippen LogP contribution in [0, 0.1) is 11.3 Å². The van der Waals surface area contributed by atoms with Crippen LogP contribution in [0.1, 0.15) is 42.1 Å². The van der Waals surface area contributed by atoms with Crippen LogP contribution in [-0.2, 0) is 9.53 Å². The van der Waals surface area contributed by atoms with Gasteiger partial charge in [0.05, 0.1) is 17.2 Å². The Kier molecular flexibility index (Phi) is 5.05. The third kappa shape index (κ3) is 3.38. The summed E-state index contributed by atoms with van der Waals surface area (Å²) in [5, 5.41) is 9.06. The average molecular weight is 341 g/mol. The van der Waals surface area contributed by atoms with E-state index in [1.54, 1.807) is 29.2 Å². The van der Waals surface area contributed by atoms with Gasteiger partial charge in [-0.15, -0.1) is 0 Å². The number of benzene rings is 1. The van der Waals surface area contributed by atoms with Crippen molar-refractivity contribution in [1.82, 2.24) is 9.80 Å². The first-order valence-corrected chi connectivity index (χ1v) is 8.77. The normalized spacial score (nSPS) is 20.2. The molecule has 0 unspecified atom stereocenters. The summed E-state index contributed by atoms with van der Waals surface area (Å²) in [6, 6.07) is 8.81. The standard InChI is InChI=1S/C19H23N3O3/c1-2-22-17(23)6-9-21(14-19(22)7-10-25-11-8-19)18(24)16-5-3-4-15(12-16)13-20/h3-5,12H,2,6-11,14H2,1H3. The van der Waals surface area contributed by atoms with Crippen LogP contribution < -0.4 is 0 Å². The maximum atomic E-state index is 13.0. The van der Waals surface area contributed by atoms with E-state index in [-0.39, 0.29) is 17.4 Å². The summed E-state index contributed by atoms with van der Waals surface area (Å²) < 4.78 is 5.50. The van der Waals surface area contributed by atoms with E-state index in [0.717, 1.165) is 12.8 Å². The molecule has 3 rings (SSSR count). The first-order valence-electron chi connectivity index (χ1n) is 8.77. The van der Waals surface area contributed by atoms with E-state index in [9.17, 15) is 9.59 Å². The molecule has 2 saturated heterocycles. The van der Waals surface area contributed by atoms with Crippen LogP contribution >= 0.6 is 0 Å². The molecule has 132 valence electrons. The molecule has 0 saturated carbocycles. The number of hydrogen-bond acceptors (Lipinski definition) is 4. The van der Waals surface area contributed by atoms with E-state index in [4.69, 9.17) is 10.00 Å². The van der Waals surface area contributed by atoms with Crippen LogP contribution in [0.4, 0.5) is 0 Å². The largest absolute Gasteiger partial charge is 0.381 e. The molecular formula is C19H23N3O3. The summed E-state index contributed by atoms with van der Waals surface area (Å²) in [5.74, 6) is -0.0146. The predicted molar refractivity (Wildman–Crippen MR) is 91.8 cm³/mol. The molecule has 0 radical (unpaired) electrons. The van der Waals surface area contributed by atoms with Gasteiger partial charge < -0.3 is 14.5 Å². The van der Waals surface area contributed by atoms with Crippen molar-refractivity contribution < 1.29 is 14.3 Å². The topological polar surface area (TPSA) is 73.6 Å². The summed E-state index contributed by atoms with van der Waals surface area (Å²) in [6.45, 7) is 4.78. The molecule has 0 aliphatic carbocycles. The van der Waals surface area contributed by atoms with E-state index in [1.807, 2.05) is 11.8 Å². The van der Waals surface area contributed by atoms with Crippen molar-refractivity contribution in [1.29, 1.82) is 5.26 Å². The van der Waals surface area contributed by atoms with E-state index in [1.165, 1.54) is 0 Å². The second-order valence-corrected chi connectivity index (χ2v) is 6.64. The quantitative estimate of drug-likeness (QED) is 0.822. The smallest absolute Gasteiger partial charge is 0.253 e. The van der Waals surface area contributed by atoms with Crippen LogP contribution in [0.25, 0.3) is 0 Å². The fourth-order valence-corrected chi connectivity index (χ4v) is 3.92. The molecule has 6 heteroatoms. The first kappa shape index (κ1) is 17.4. The zero-order chi connectivity index (χ0) is 17.9. The third-order valence-corrected chi connectivity index (χ3v) is 5.22. The molecule has 1 spiro atoms. The lowest BCUT2D eigenvalue weighted by Crippen LogP contribution is -2.58. The molecule has 6 nitrogen and oxygen atoms in total. The summed E-state index contributed by atoms with van der Waals surface area (Å²) >= 11 is 0. The highest BCUT2D eigenvalue weighted by atomic mass is 16.5. The van der Waals surface area contributed by atoms with Crippen LogP contribution in [0.2, 0.25) is 0 Å². The molecule has 2 heterocycles. The molecule has 2 amide bonds. The van der Waals surface area contributed by atoms with Crippen LogP contribution in [0.5, 0.6) is 0 Å². The van der Waals surface area contributed by atoms with E-state index in [0.29, 0.717) is 50.4 Å². The van der Waals surface area contributed by atoms with Crippen molar-refractivity contribution in [3.63, 3.8) is 0 Å². The van der Waals surface area contributed by atoms with Gasteiger partial charge in [-0.25, -0.2) is 0 Å². The molecule has 2 fully saturated rings. The van der Waals surface area contributed by atoms with Gasteiger partial charge in [0, 0.05) is 44.8 Å². The Morgan fingerprint density at radius 2 is 2.12 bits per heavy atom. The van der Waals surface area contributed by atoms with Crippen molar-refractivity contribution in [2.24, 2.45) is 0 Å². The minimum atomic E-state index is -0.344. The number of likely N-dealkylation sites (N-methyl/N-ethyl adjacent to an activating group) is 1. The van der Waals surface area contributed by atoms with Gasteiger partial charge in [0.1, 0.15) is 0 Å². The summed E-state index contributed by atoms with van der Waals surface area (Å²) in [4.78, 5) is 29.3. The number of rotatable bonds is 2. The second-order valence-electron chi connectivity index (χ2n) is 6.64. The van der Waals surface area contributed by atoms with E-state index >= 15 is 0 Å². The van der Waals surface area contributed by atoms with Gasteiger partial charge in [0.25, 0.3) is 5.91 Å². The molecular weight excluding hydrogens is 318 g/mol. The van der Waals surface area contributed by atoms with Crippen LogP contribution in [-0.4, -0.2) is 60.0 Å². The Balaban J connectivity index is 1.90. The number of nitriles is 1. The number of carbonyl (C=O) groups excluding carboxylic acids is 2. The Morgan fingerprint density at radius 3 is 2.80 bits per heavy atom. The molecule has 25 heavy (non-hydrogen) atoms. The molecule has 0 bridgehead atoms. The molecule has 0 N–H and O–H groups in total. The van der Waals surface area contributed by atoms with Gasteiger partial charge in [0.2, 0.25) is 5.91 Å². The monoisotopic (exact) mass is 341 g/mol. The molecule has 1 aromatic rings. The lowest BCUT2D eigenvalue weighted by Gasteiger charge is -2.46. The van der Waals surface area contributed by atoms with Gasteiger partial charge in [-0.3, -0.25) is 9.59 Å². The average Bonchev–Trinajstić information content (AvgIpc) is 2.78. The van der Waals surface area contributed by atoms with Crippen molar-refractivity contribution in [3.05, 3.63) is 35.4 Å². The summed E-state index contributed by atoms with van der Waals surface area (Å²) in [6.07, 6.45) is 1.82. The third-order valence-electron chi connectivity index (χ3n) is 5.22. The van der Waals surface area contributed by atoms with Crippen LogP contribution in [0.15, 0.2) is 24.3 Å². The number of hydrogen-bond donors (Lipinski definition) is 0. The first-order chi connectivity index (χ1) is 12.1. The highest BCUT2D eigenvalue weighted by Gasteiger charge is 2.44. The van der Waals surface area contributed by atoms with Crippen molar-refractivity contribution >= 4 is 11.8 Å². The Labute approximate surface area is 148 Å². The second kappa shape index (κ2) is 7.24. The number of nitrogens with zero attached hydrogens (tertiary/aromatic N) is 3. The minimum absolute atomic E-state index is 0.102. The zero-order valence-corrected chi connectivity index (χ0v) is 14.5. The highest BCUT2D eigenvalue weighted by molar-refractivity contribution is 5.95.